The second-order valence-electron chi connectivity index (χ2n) is 7.70. The Bertz CT molecular complexity index is 1160. The Balaban J connectivity index is 1.73. The van der Waals surface area contributed by atoms with Crippen LogP contribution in [-0.2, 0) is 17.8 Å². The Morgan fingerprint density at radius 1 is 1.06 bits per heavy atom. The third-order valence-corrected chi connectivity index (χ3v) is 5.78. The summed E-state index contributed by atoms with van der Waals surface area (Å²) in [7, 11) is 0. The molecule has 1 aliphatic heterocycles. The van der Waals surface area contributed by atoms with Crippen molar-refractivity contribution in [3.63, 3.8) is 0 Å². The van der Waals surface area contributed by atoms with E-state index in [1.165, 1.54) is 18.2 Å². The largest absolute Gasteiger partial charge is 0.482 e. The Hall–Kier alpha value is -3.58. The maximum Gasteiger partial charge on any atom is 0.341 e. The van der Waals surface area contributed by atoms with Gasteiger partial charge in [0.1, 0.15) is 11.6 Å². The van der Waals surface area contributed by atoms with Crippen molar-refractivity contribution in [2.45, 2.75) is 19.0 Å². The normalized spacial score (nSPS) is 15.0. The molecule has 6 nitrogen and oxygen atoms in total. The highest BCUT2D eigenvalue weighted by Crippen LogP contribution is 2.40. The zero-order valence-corrected chi connectivity index (χ0v) is 18.4. The third kappa shape index (κ3) is 5.09. The van der Waals surface area contributed by atoms with Crippen LogP contribution in [0.3, 0.4) is 0 Å². The first-order valence-electron chi connectivity index (χ1n) is 10.4. The SMILES string of the molecule is O=C(O)COc1ccc(F)cc1C1c2ccccc2CCN1C(=O)N(Cl)Cc1ccccc1. The number of nitrogens with zero attached hydrogens (tertiary/aromatic N) is 2. The van der Waals surface area contributed by atoms with Crippen molar-refractivity contribution >= 4 is 23.8 Å². The summed E-state index contributed by atoms with van der Waals surface area (Å²) in [4.78, 5) is 26.1. The van der Waals surface area contributed by atoms with Crippen molar-refractivity contribution in [2.75, 3.05) is 13.2 Å². The average Bonchev–Trinajstić information content (AvgIpc) is 2.82. The van der Waals surface area contributed by atoms with Gasteiger partial charge < -0.3 is 14.7 Å². The van der Waals surface area contributed by atoms with E-state index in [4.69, 9.17) is 21.6 Å². The minimum absolute atomic E-state index is 0.192. The Morgan fingerprint density at radius 3 is 2.55 bits per heavy atom. The lowest BCUT2D eigenvalue weighted by Gasteiger charge is -2.39. The molecule has 0 fully saturated rings. The van der Waals surface area contributed by atoms with Crippen LogP contribution in [0.25, 0.3) is 0 Å². The van der Waals surface area contributed by atoms with E-state index in [1.807, 2.05) is 54.6 Å². The summed E-state index contributed by atoms with van der Waals surface area (Å²) in [5, 5.41) is 9.05. The number of urea groups is 1. The molecule has 0 saturated carbocycles. The molecule has 3 aromatic rings. The lowest BCUT2D eigenvalue weighted by molar-refractivity contribution is -0.139. The van der Waals surface area contributed by atoms with Crippen LogP contribution in [0.1, 0.15) is 28.3 Å². The number of ether oxygens (including phenoxy) is 1. The molecule has 33 heavy (non-hydrogen) atoms. The smallest absolute Gasteiger partial charge is 0.341 e. The van der Waals surface area contributed by atoms with E-state index < -0.39 is 30.5 Å². The quantitative estimate of drug-likeness (QED) is 0.516. The van der Waals surface area contributed by atoms with Gasteiger partial charge in [0, 0.05) is 23.9 Å². The number of amides is 2. The van der Waals surface area contributed by atoms with Crippen LogP contribution in [0.2, 0.25) is 0 Å². The lowest BCUT2D eigenvalue weighted by atomic mass is 9.88. The second-order valence-corrected chi connectivity index (χ2v) is 8.11. The fourth-order valence-corrected chi connectivity index (χ4v) is 4.30. The molecule has 0 aromatic heterocycles. The van der Waals surface area contributed by atoms with Crippen molar-refractivity contribution in [3.8, 4) is 5.75 Å². The summed E-state index contributed by atoms with van der Waals surface area (Å²) in [6.45, 7) is -0.0401. The highest BCUT2D eigenvalue weighted by Gasteiger charge is 2.36. The molecule has 1 N–H and O–H groups in total. The van der Waals surface area contributed by atoms with E-state index in [-0.39, 0.29) is 12.3 Å². The van der Waals surface area contributed by atoms with Crippen molar-refractivity contribution in [1.29, 1.82) is 0 Å². The van der Waals surface area contributed by atoms with Crippen molar-refractivity contribution in [3.05, 3.63) is 101 Å². The Kier molecular flexibility index (Phi) is 6.79. The molecular formula is C25H22ClFN2O4. The standard InChI is InChI=1S/C25H22ClFN2O4/c26-29(15-17-6-2-1-3-7-17)25(32)28-13-12-18-8-4-5-9-20(18)24(28)21-14-19(27)10-11-22(21)33-16-23(30)31/h1-11,14,24H,12-13,15-16H2,(H,30,31). The van der Waals surface area contributed by atoms with Crippen molar-refractivity contribution in [1.82, 2.24) is 9.32 Å². The van der Waals surface area contributed by atoms with Gasteiger partial charge in [0.15, 0.2) is 6.61 Å². The van der Waals surface area contributed by atoms with Gasteiger partial charge in [-0.05, 0) is 41.3 Å². The van der Waals surface area contributed by atoms with E-state index in [0.717, 1.165) is 21.1 Å². The van der Waals surface area contributed by atoms with Crippen molar-refractivity contribution < 1.29 is 23.8 Å². The summed E-state index contributed by atoms with van der Waals surface area (Å²) >= 11 is 6.41. The molecule has 1 aliphatic rings. The van der Waals surface area contributed by atoms with Gasteiger partial charge in [-0.1, -0.05) is 54.6 Å². The number of carboxylic acid groups (broad SMARTS) is 1. The molecule has 0 aliphatic carbocycles. The monoisotopic (exact) mass is 468 g/mol. The number of aliphatic carboxylic acids is 1. The lowest BCUT2D eigenvalue weighted by Crippen LogP contribution is -2.45. The zero-order valence-electron chi connectivity index (χ0n) is 17.7. The number of hydrogen-bond acceptors (Lipinski definition) is 3. The maximum atomic E-state index is 14.3. The van der Waals surface area contributed by atoms with E-state index in [1.54, 1.807) is 4.90 Å². The first kappa shape index (κ1) is 22.6. The number of fused-ring (bicyclic) bond motifs is 1. The molecule has 1 atom stereocenters. The summed E-state index contributed by atoms with van der Waals surface area (Å²) < 4.78 is 20.9. The first-order valence-corrected chi connectivity index (χ1v) is 10.8. The molecule has 0 bridgehead atoms. The molecular weight excluding hydrogens is 447 g/mol. The van der Waals surface area contributed by atoms with Crippen molar-refractivity contribution in [2.24, 2.45) is 0 Å². The Labute approximate surface area is 195 Å². The van der Waals surface area contributed by atoms with Gasteiger partial charge in [-0.3, -0.25) is 0 Å². The van der Waals surface area contributed by atoms with E-state index in [0.29, 0.717) is 18.5 Å². The summed E-state index contributed by atoms with van der Waals surface area (Å²) in [5.41, 5.74) is 3.06. The van der Waals surface area contributed by atoms with Gasteiger partial charge in [-0.15, -0.1) is 0 Å². The molecule has 8 heteroatoms. The van der Waals surface area contributed by atoms with Crippen LogP contribution >= 0.6 is 11.8 Å². The molecule has 0 spiro atoms. The summed E-state index contributed by atoms with van der Waals surface area (Å²) in [6.07, 6.45) is 0.606. The number of carbonyl (C=O) groups excluding carboxylic acids is 1. The van der Waals surface area contributed by atoms with Gasteiger partial charge in [-0.25, -0.2) is 18.4 Å². The van der Waals surface area contributed by atoms with Crippen LogP contribution in [0, 0.1) is 5.82 Å². The molecule has 1 unspecified atom stereocenters. The number of hydrogen-bond donors (Lipinski definition) is 1. The van der Waals surface area contributed by atoms with Gasteiger partial charge in [-0.2, -0.15) is 0 Å². The predicted molar refractivity (Wildman–Crippen MR) is 121 cm³/mol. The molecule has 4 rings (SSSR count). The van der Waals surface area contributed by atoms with E-state index >= 15 is 0 Å². The van der Waals surface area contributed by atoms with E-state index in [2.05, 4.69) is 0 Å². The van der Waals surface area contributed by atoms with Gasteiger partial charge in [0.2, 0.25) is 0 Å². The van der Waals surface area contributed by atoms with Crippen LogP contribution in [0.4, 0.5) is 9.18 Å². The van der Waals surface area contributed by atoms with Crippen LogP contribution < -0.4 is 4.74 Å². The molecule has 3 aromatic carbocycles. The number of rotatable bonds is 6. The second kappa shape index (κ2) is 9.92. The van der Waals surface area contributed by atoms with Crippen LogP contribution in [-0.4, -0.2) is 39.6 Å². The summed E-state index contributed by atoms with van der Waals surface area (Å²) in [6, 6.07) is 19.7. The highest BCUT2D eigenvalue weighted by atomic mass is 35.5. The number of carboxylic acids is 1. The third-order valence-electron chi connectivity index (χ3n) is 5.52. The average molecular weight is 469 g/mol. The number of halogens is 2. The van der Waals surface area contributed by atoms with Gasteiger partial charge >= 0.3 is 12.0 Å². The Morgan fingerprint density at radius 2 is 1.79 bits per heavy atom. The molecule has 2 amide bonds. The van der Waals surface area contributed by atoms with E-state index in [9.17, 15) is 14.0 Å². The van der Waals surface area contributed by atoms with Crippen LogP contribution in [0.5, 0.6) is 5.75 Å². The molecule has 1 heterocycles. The maximum absolute atomic E-state index is 14.3. The minimum Gasteiger partial charge on any atom is -0.482 e. The molecule has 0 saturated heterocycles. The minimum atomic E-state index is -1.16. The molecule has 0 radical (unpaired) electrons. The molecule has 170 valence electrons. The fourth-order valence-electron chi connectivity index (χ4n) is 4.06. The summed E-state index contributed by atoms with van der Waals surface area (Å²) in [5.74, 6) is -1.48. The predicted octanol–water partition coefficient (Wildman–Crippen LogP) is 5.01. The number of carbonyl (C=O) groups is 2. The van der Waals surface area contributed by atoms with Crippen LogP contribution in [0.15, 0.2) is 72.8 Å². The zero-order chi connectivity index (χ0) is 23.4. The van der Waals surface area contributed by atoms with Gasteiger partial charge in [0.25, 0.3) is 0 Å². The first-order chi connectivity index (χ1) is 15.9. The number of benzene rings is 3. The fraction of sp³-hybridized carbons (Fsp3) is 0.200. The topological polar surface area (TPSA) is 70.1 Å². The highest BCUT2D eigenvalue weighted by molar-refractivity contribution is 6.20. The van der Waals surface area contributed by atoms with Gasteiger partial charge in [0.05, 0.1) is 12.6 Å².